The first-order valence-electron chi connectivity index (χ1n) is 7.22. The molecule has 21 heavy (non-hydrogen) atoms. The number of nitrogen functional groups attached to an aromatic ring is 1. The van der Waals surface area contributed by atoms with Crippen LogP contribution in [-0.2, 0) is 6.54 Å². The lowest BCUT2D eigenvalue weighted by molar-refractivity contribution is 0.0699. The standard InChI is InChI=1S/C14H19N5O2/c1-2-19-12(3-6-16-19)14(20)18-7-4-10(5-8-18)11-9-13(15)21-17-11/h3,6,9-10H,2,4-5,7-8,15H2,1H3. The van der Waals surface area contributed by atoms with Gasteiger partial charge >= 0.3 is 0 Å². The third-order valence-electron chi connectivity index (χ3n) is 3.98. The number of rotatable bonds is 3. The number of aromatic nitrogens is 3. The monoisotopic (exact) mass is 289 g/mol. The van der Waals surface area contributed by atoms with Crippen molar-refractivity contribution in [1.29, 1.82) is 0 Å². The number of nitrogens with two attached hydrogens (primary N) is 1. The van der Waals surface area contributed by atoms with E-state index in [1.54, 1.807) is 23.0 Å². The maximum atomic E-state index is 12.5. The molecule has 0 atom stereocenters. The largest absolute Gasteiger partial charge is 0.368 e. The highest BCUT2D eigenvalue weighted by Gasteiger charge is 2.27. The highest BCUT2D eigenvalue weighted by atomic mass is 16.5. The summed E-state index contributed by atoms with van der Waals surface area (Å²) in [4.78, 5) is 14.4. The molecule has 0 spiro atoms. The number of anilines is 1. The fraction of sp³-hybridized carbons (Fsp3) is 0.500. The number of likely N-dealkylation sites (tertiary alicyclic amines) is 1. The Labute approximate surface area is 122 Å². The molecule has 1 amide bonds. The van der Waals surface area contributed by atoms with E-state index in [9.17, 15) is 4.79 Å². The van der Waals surface area contributed by atoms with Crippen LogP contribution < -0.4 is 5.73 Å². The molecule has 7 nitrogen and oxygen atoms in total. The number of carbonyl (C=O) groups excluding carboxylic acids is 1. The van der Waals surface area contributed by atoms with Gasteiger partial charge in [-0.05, 0) is 25.8 Å². The van der Waals surface area contributed by atoms with Crippen molar-refractivity contribution in [2.24, 2.45) is 0 Å². The Kier molecular flexibility index (Phi) is 3.64. The van der Waals surface area contributed by atoms with Crippen molar-refractivity contribution in [2.45, 2.75) is 32.2 Å². The lowest BCUT2D eigenvalue weighted by Crippen LogP contribution is -2.39. The van der Waals surface area contributed by atoms with Gasteiger partial charge in [-0.2, -0.15) is 5.10 Å². The Morgan fingerprint density at radius 1 is 1.48 bits per heavy atom. The van der Waals surface area contributed by atoms with Crippen molar-refractivity contribution in [3.63, 3.8) is 0 Å². The lowest BCUT2D eigenvalue weighted by atomic mass is 9.93. The molecule has 3 rings (SSSR count). The number of amides is 1. The molecule has 3 heterocycles. The molecule has 2 aromatic rings. The molecule has 2 N–H and O–H groups in total. The van der Waals surface area contributed by atoms with Crippen LogP contribution in [-0.4, -0.2) is 38.8 Å². The average Bonchev–Trinajstić information content (AvgIpc) is 3.15. The van der Waals surface area contributed by atoms with E-state index in [1.165, 1.54) is 0 Å². The molecule has 1 aliphatic heterocycles. The Morgan fingerprint density at radius 3 is 2.86 bits per heavy atom. The van der Waals surface area contributed by atoms with Gasteiger partial charge < -0.3 is 15.2 Å². The summed E-state index contributed by atoms with van der Waals surface area (Å²) in [5, 5.41) is 8.12. The zero-order valence-corrected chi connectivity index (χ0v) is 12.0. The molecule has 0 aromatic carbocycles. The minimum atomic E-state index is 0.0486. The highest BCUT2D eigenvalue weighted by Crippen LogP contribution is 2.28. The van der Waals surface area contributed by atoms with E-state index in [1.807, 2.05) is 11.8 Å². The van der Waals surface area contributed by atoms with Gasteiger partial charge in [0.1, 0.15) is 5.69 Å². The van der Waals surface area contributed by atoms with E-state index in [2.05, 4.69) is 10.3 Å². The summed E-state index contributed by atoms with van der Waals surface area (Å²) in [6.07, 6.45) is 3.41. The van der Waals surface area contributed by atoms with Gasteiger partial charge in [-0.1, -0.05) is 5.16 Å². The van der Waals surface area contributed by atoms with Crippen LogP contribution in [0, 0.1) is 0 Å². The number of hydrogen-bond donors (Lipinski definition) is 1. The van der Waals surface area contributed by atoms with Gasteiger partial charge in [-0.15, -0.1) is 0 Å². The SMILES string of the molecule is CCn1nccc1C(=O)N1CCC(c2cc(N)on2)CC1. The minimum Gasteiger partial charge on any atom is -0.368 e. The molecule has 2 aromatic heterocycles. The average molecular weight is 289 g/mol. The summed E-state index contributed by atoms with van der Waals surface area (Å²) in [7, 11) is 0. The molecule has 0 bridgehead atoms. The second kappa shape index (κ2) is 5.59. The van der Waals surface area contributed by atoms with Crippen LogP contribution in [0.5, 0.6) is 0 Å². The van der Waals surface area contributed by atoms with Crippen molar-refractivity contribution in [3.05, 3.63) is 29.7 Å². The Morgan fingerprint density at radius 2 is 2.24 bits per heavy atom. The van der Waals surface area contributed by atoms with E-state index < -0.39 is 0 Å². The summed E-state index contributed by atoms with van der Waals surface area (Å²) < 4.78 is 6.65. The smallest absolute Gasteiger partial charge is 0.272 e. The summed E-state index contributed by atoms with van der Waals surface area (Å²) in [5.41, 5.74) is 7.10. The summed E-state index contributed by atoms with van der Waals surface area (Å²) in [6.45, 7) is 4.10. The van der Waals surface area contributed by atoms with E-state index in [4.69, 9.17) is 10.3 Å². The second-order valence-electron chi connectivity index (χ2n) is 5.25. The molecule has 0 saturated carbocycles. The fourth-order valence-corrected chi connectivity index (χ4v) is 2.80. The Bertz CT molecular complexity index is 625. The molecule has 7 heteroatoms. The van der Waals surface area contributed by atoms with E-state index >= 15 is 0 Å². The second-order valence-corrected chi connectivity index (χ2v) is 5.25. The maximum absolute atomic E-state index is 12.5. The van der Waals surface area contributed by atoms with Gasteiger partial charge in [0.15, 0.2) is 0 Å². The van der Waals surface area contributed by atoms with Crippen molar-refractivity contribution >= 4 is 11.8 Å². The van der Waals surface area contributed by atoms with Crippen LogP contribution >= 0.6 is 0 Å². The summed E-state index contributed by atoms with van der Waals surface area (Å²) >= 11 is 0. The first kappa shape index (κ1) is 13.7. The zero-order valence-electron chi connectivity index (χ0n) is 12.0. The van der Waals surface area contributed by atoms with Crippen molar-refractivity contribution in [3.8, 4) is 0 Å². The molecule has 112 valence electrons. The number of hydrogen-bond acceptors (Lipinski definition) is 5. The van der Waals surface area contributed by atoms with Crippen LogP contribution in [0.1, 0.15) is 41.9 Å². The number of piperidine rings is 1. The molecule has 1 fully saturated rings. The lowest BCUT2D eigenvalue weighted by Gasteiger charge is -2.31. The molecule has 1 saturated heterocycles. The third kappa shape index (κ3) is 2.63. The first-order chi connectivity index (χ1) is 10.2. The topological polar surface area (TPSA) is 90.2 Å². The van der Waals surface area contributed by atoms with Gasteiger partial charge in [0.2, 0.25) is 5.88 Å². The van der Waals surface area contributed by atoms with Crippen molar-refractivity contribution < 1.29 is 9.32 Å². The molecule has 0 aliphatic carbocycles. The Hall–Kier alpha value is -2.31. The van der Waals surface area contributed by atoms with Crippen molar-refractivity contribution in [1.82, 2.24) is 19.8 Å². The van der Waals surface area contributed by atoms with Gasteiger partial charge in [0.25, 0.3) is 5.91 Å². The van der Waals surface area contributed by atoms with Crippen LogP contribution in [0.25, 0.3) is 0 Å². The third-order valence-corrected chi connectivity index (χ3v) is 3.98. The van der Waals surface area contributed by atoms with Crippen LogP contribution in [0.2, 0.25) is 0 Å². The predicted molar refractivity (Wildman–Crippen MR) is 76.7 cm³/mol. The maximum Gasteiger partial charge on any atom is 0.272 e. The molecule has 0 radical (unpaired) electrons. The zero-order chi connectivity index (χ0) is 14.8. The van der Waals surface area contributed by atoms with E-state index in [0.717, 1.165) is 18.5 Å². The number of nitrogens with zero attached hydrogens (tertiary/aromatic N) is 4. The summed E-state index contributed by atoms with van der Waals surface area (Å²) in [5.74, 6) is 0.703. The van der Waals surface area contributed by atoms with Gasteiger partial charge in [0.05, 0.1) is 5.69 Å². The van der Waals surface area contributed by atoms with Crippen LogP contribution in [0.3, 0.4) is 0 Å². The molecule has 1 aliphatic rings. The minimum absolute atomic E-state index is 0.0486. The van der Waals surface area contributed by atoms with Crippen LogP contribution in [0.15, 0.2) is 22.9 Å². The highest BCUT2D eigenvalue weighted by molar-refractivity contribution is 5.92. The first-order valence-corrected chi connectivity index (χ1v) is 7.22. The van der Waals surface area contributed by atoms with Gasteiger partial charge in [-0.25, -0.2) is 0 Å². The molecular weight excluding hydrogens is 270 g/mol. The van der Waals surface area contributed by atoms with Crippen LogP contribution in [0.4, 0.5) is 5.88 Å². The van der Waals surface area contributed by atoms with Gasteiger partial charge in [0, 0.05) is 37.8 Å². The predicted octanol–water partition coefficient (Wildman–Crippen LogP) is 1.49. The number of carbonyl (C=O) groups is 1. The molecule has 0 unspecified atom stereocenters. The molecular formula is C14H19N5O2. The fourth-order valence-electron chi connectivity index (χ4n) is 2.80. The van der Waals surface area contributed by atoms with E-state index in [0.29, 0.717) is 37.1 Å². The normalized spacial score (nSPS) is 16.3. The van der Waals surface area contributed by atoms with Gasteiger partial charge in [-0.3, -0.25) is 9.48 Å². The summed E-state index contributed by atoms with van der Waals surface area (Å²) in [6, 6.07) is 3.55. The van der Waals surface area contributed by atoms with Crippen molar-refractivity contribution in [2.75, 3.05) is 18.8 Å². The Balaban J connectivity index is 1.64. The quantitative estimate of drug-likeness (QED) is 0.924. The number of aryl methyl sites for hydroxylation is 1. The van der Waals surface area contributed by atoms with E-state index in [-0.39, 0.29) is 5.91 Å².